The second-order valence-electron chi connectivity index (χ2n) is 3.15. The Morgan fingerprint density at radius 1 is 1.40 bits per heavy atom. The first-order valence-electron chi connectivity index (χ1n) is 4.55. The summed E-state index contributed by atoms with van der Waals surface area (Å²) >= 11 is 0. The number of carbonyl (C=O) groups excluding carboxylic acids is 1. The van der Waals surface area contributed by atoms with E-state index in [1.165, 1.54) is 0 Å². The molecule has 5 heteroatoms. The van der Waals surface area contributed by atoms with Crippen molar-refractivity contribution in [2.24, 2.45) is 0 Å². The second-order valence-corrected chi connectivity index (χ2v) is 3.15. The minimum Gasteiger partial charge on any atom is -0.296 e. The Kier molecular flexibility index (Phi) is 2.53. The quantitative estimate of drug-likeness (QED) is 0.692. The number of aldehydes is 1. The van der Waals surface area contributed by atoms with Crippen molar-refractivity contribution in [3.05, 3.63) is 41.7 Å². The number of aryl methyl sites for hydroxylation is 1. The van der Waals surface area contributed by atoms with Crippen LogP contribution in [0, 0.1) is 6.92 Å². The van der Waals surface area contributed by atoms with Gasteiger partial charge in [-0.2, -0.15) is 5.10 Å². The third kappa shape index (κ3) is 2.07. The molecule has 0 fully saturated rings. The highest BCUT2D eigenvalue weighted by molar-refractivity contribution is 5.71. The van der Waals surface area contributed by atoms with Gasteiger partial charge in [0.1, 0.15) is 18.1 Å². The maximum atomic E-state index is 10.5. The van der Waals surface area contributed by atoms with Gasteiger partial charge in [0.25, 0.3) is 0 Å². The van der Waals surface area contributed by atoms with Crippen LogP contribution < -0.4 is 0 Å². The van der Waals surface area contributed by atoms with E-state index in [1.807, 2.05) is 6.92 Å². The number of aromatic nitrogens is 4. The van der Waals surface area contributed by atoms with Gasteiger partial charge >= 0.3 is 0 Å². The molecule has 2 aromatic heterocycles. The third-order valence-electron chi connectivity index (χ3n) is 2.03. The summed E-state index contributed by atoms with van der Waals surface area (Å²) in [7, 11) is 0. The molecule has 2 rings (SSSR count). The van der Waals surface area contributed by atoms with Crippen LogP contribution in [0.2, 0.25) is 0 Å². The first-order valence-corrected chi connectivity index (χ1v) is 4.55. The molecule has 0 radical (unpaired) electrons. The monoisotopic (exact) mass is 202 g/mol. The van der Waals surface area contributed by atoms with E-state index in [-0.39, 0.29) is 0 Å². The van der Waals surface area contributed by atoms with E-state index in [0.717, 1.165) is 12.0 Å². The average Bonchev–Trinajstić information content (AvgIpc) is 2.61. The molecule has 0 N–H and O–H groups in total. The van der Waals surface area contributed by atoms with Crippen molar-refractivity contribution < 1.29 is 4.79 Å². The summed E-state index contributed by atoms with van der Waals surface area (Å²) in [5.41, 5.74) is 1.35. The number of nitrogens with zero attached hydrogens (tertiary/aromatic N) is 4. The normalized spacial score (nSPS) is 10.2. The van der Waals surface area contributed by atoms with Crippen LogP contribution in [0.15, 0.2) is 24.5 Å². The van der Waals surface area contributed by atoms with Gasteiger partial charge < -0.3 is 0 Å². The largest absolute Gasteiger partial charge is 0.296 e. The van der Waals surface area contributed by atoms with Crippen LogP contribution in [0.5, 0.6) is 0 Å². The molecule has 0 amide bonds. The van der Waals surface area contributed by atoms with Crippen molar-refractivity contribution >= 4 is 6.29 Å². The highest BCUT2D eigenvalue weighted by Crippen LogP contribution is 2.02. The zero-order valence-electron chi connectivity index (χ0n) is 8.29. The predicted molar refractivity (Wildman–Crippen MR) is 53.5 cm³/mol. The molecule has 15 heavy (non-hydrogen) atoms. The summed E-state index contributed by atoms with van der Waals surface area (Å²) in [6, 6.07) is 3.49. The predicted octanol–water partition coefficient (Wildman–Crippen LogP) is 0.842. The van der Waals surface area contributed by atoms with Crippen LogP contribution in [-0.4, -0.2) is 26.0 Å². The lowest BCUT2D eigenvalue weighted by Crippen LogP contribution is -2.07. The van der Waals surface area contributed by atoms with E-state index in [4.69, 9.17) is 0 Å². The molecule has 2 aromatic rings. The second kappa shape index (κ2) is 4.00. The van der Waals surface area contributed by atoms with Gasteiger partial charge in [-0.1, -0.05) is 0 Å². The molecule has 76 valence electrons. The number of hydrogen-bond acceptors (Lipinski definition) is 4. The Labute approximate surface area is 86.8 Å². The zero-order valence-corrected chi connectivity index (χ0v) is 8.29. The highest BCUT2D eigenvalue weighted by atomic mass is 16.1. The summed E-state index contributed by atoms with van der Waals surface area (Å²) in [6.07, 6.45) is 4.10. The van der Waals surface area contributed by atoms with Gasteiger partial charge in [-0.25, -0.2) is 9.97 Å². The van der Waals surface area contributed by atoms with E-state index in [9.17, 15) is 4.79 Å². The molecule has 0 aromatic carbocycles. The van der Waals surface area contributed by atoms with Gasteiger partial charge in [-0.15, -0.1) is 0 Å². The number of rotatable bonds is 3. The SMILES string of the molecule is Cc1cc(C=O)nn1Cc1ncccn1. The first-order chi connectivity index (χ1) is 7.29. The molecule has 0 atom stereocenters. The maximum absolute atomic E-state index is 10.5. The van der Waals surface area contributed by atoms with E-state index < -0.39 is 0 Å². The van der Waals surface area contributed by atoms with E-state index in [2.05, 4.69) is 15.1 Å². The Bertz CT molecular complexity index is 464. The lowest BCUT2D eigenvalue weighted by atomic mass is 10.4. The molecule has 0 bridgehead atoms. The molecular formula is C10H10N4O. The van der Waals surface area contributed by atoms with Crippen molar-refractivity contribution in [3.63, 3.8) is 0 Å². The first kappa shape index (κ1) is 9.51. The third-order valence-corrected chi connectivity index (χ3v) is 2.03. The van der Waals surface area contributed by atoms with Crippen LogP contribution in [0.1, 0.15) is 22.0 Å². The Balaban J connectivity index is 2.24. The van der Waals surface area contributed by atoms with E-state index in [1.54, 1.807) is 29.2 Å². The topological polar surface area (TPSA) is 60.7 Å². The molecule has 0 aliphatic heterocycles. The number of hydrogen-bond donors (Lipinski definition) is 0. The van der Waals surface area contributed by atoms with Crippen molar-refractivity contribution in [2.75, 3.05) is 0 Å². The molecule has 0 aliphatic rings. The molecule has 0 saturated carbocycles. The Morgan fingerprint density at radius 3 is 2.73 bits per heavy atom. The maximum Gasteiger partial charge on any atom is 0.170 e. The summed E-state index contributed by atoms with van der Waals surface area (Å²) in [5, 5.41) is 4.09. The average molecular weight is 202 g/mol. The lowest BCUT2D eigenvalue weighted by molar-refractivity contribution is 0.111. The summed E-state index contributed by atoms with van der Waals surface area (Å²) in [4.78, 5) is 18.7. The van der Waals surface area contributed by atoms with E-state index >= 15 is 0 Å². The van der Waals surface area contributed by atoms with Gasteiger partial charge in [0.15, 0.2) is 6.29 Å². The van der Waals surface area contributed by atoms with Gasteiger partial charge in [0.2, 0.25) is 0 Å². The minimum absolute atomic E-state index is 0.434. The fourth-order valence-corrected chi connectivity index (χ4v) is 1.30. The van der Waals surface area contributed by atoms with Crippen molar-refractivity contribution in [3.8, 4) is 0 Å². The van der Waals surface area contributed by atoms with Crippen LogP contribution in [-0.2, 0) is 6.54 Å². The fraction of sp³-hybridized carbons (Fsp3) is 0.200. The van der Waals surface area contributed by atoms with Gasteiger partial charge in [-0.05, 0) is 19.1 Å². The summed E-state index contributed by atoms with van der Waals surface area (Å²) < 4.78 is 1.71. The summed E-state index contributed by atoms with van der Waals surface area (Å²) in [5.74, 6) is 0.682. The van der Waals surface area contributed by atoms with Crippen molar-refractivity contribution in [1.29, 1.82) is 0 Å². The molecule has 0 saturated heterocycles. The van der Waals surface area contributed by atoms with Gasteiger partial charge in [0, 0.05) is 18.1 Å². The Hall–Kier alpha value is -2.04. The van der Waals surface area contributed by atoms with Crippen molar-refractivity contribution in [1.82, 2.24) is 19.7 Å². The lowest BCUT2D eigenvalue weighted by Gasteiger charge is -2.01. The number of carbonyl (C=O) groups is 1. The van der Waals surface area contributed by atoms with Crippen molar-refractivity contribution in [2.45, 2.75) is 13.5 Å². The molecule has 0 aliphatic carbocycles. The van der Waals surface area contributed by atoms with Crippen LogP contribution in [0.25, 0.3) is 0 Å². The minimum atomic E-state index is 0.434. The van der Waals surface area contributed by atoms with Crippen LogP contribution >= 0.6 is 0 Å². The molecule has 2 heterocycles. The van der Waals surface area contributed by atoms with Crippen LogP contribution in [0.3, 0.4) is 0 Å². The van der Waals surface area contributed by atoms with E-state index in [0.29, 0.717) is 18.1 Å². The smallest absolute Gasteiger partial charge is 0.170 e. The summed E-state index contributed by atoms with van der Waals surface area (Å²) in [6.45, 7) is 2.38. The fourth-order valence-electron chi connectivity index (χ4n) is 1.30. The standard InChI is InChI=1S/C10H10N4O/c1-8-5-9(7-15)13-14(8)6-10-11-3-2-4-12-10/h2-5,7H,6H2,1H3. The van der Waals surface area contributed by atoms with Gasteiger partial charge in [-0.3, -0.25) is 9.48 Å². The molecular weight excluding hydrogens is 192 g/mol. The van der Waals surface area contributed by atoms with Gasteiger partial charge in [0.05, 0.1) is 0 Å². The Morgan fingerprint density at radius 2 is 2.13 bits per heavy atom. The highest BCUT2D eigenvalue weighted by Gasteiger charge is 2.04. The zero-order chi connectivity index (χ0) is 10.7. The molecule has 0 unspecified atom stereocenters. The molecule has 5 nitrogen and oxygen atoms in total. The molecule has 0 spiro atoms. The van der Waals surface area contributed by atoms with Crippen LogP contribution in [0.4, 0.5) is 0 Å².